The van der Waals surface area contributed by atoms with E-state index in [0.29, 0.717) is 11.3 Å². The molecule has 0 aliphatic carbocycles. The van der Waals surface area contributed by atoms with Crippen LogP contribution in [0, 0.1) is 0 Å². The molecule has 21 heavy (non-hydrogen) atoms. The van der Waals surface area contributed by atoms with Crippen molar-refractivity contribution in [1.29, 1.82) is 0 Å². The van der Waals surface area contributed by atoms with Crippen molar-refractivity contribution >= 4 is 22.9 Å². The molecule has 2 aromatic rings. The summed E-state index contributed by atoms with van der Waals surface area (Å²) in [5.41, 5.74) is -0.107. The highest BCUT2D eigenvalue weighted by atomic mass is 16.5. The van der Waals surface area contributed by atoms with E-state index in [2.05, 4.69) is 10.6 Å². The summed E-state index contributed by atoms with van der Waals surface area (Å²) in [6, 6.07) is 7.21. The topological polar surface area (TPSA) is 97.6 Å². The van der Waals surface area contributed by atoms with Crippen LogP contribution in [-0.4, -0.2) is 25.1 Å². The van der Waals surface area contributed by atoms with E-state index in [0.717, 1.165) is 5.39 Å². The molecule has 0 aliphatic rings. The number of ether oxygens (including phenoxy) is 1. The van der Waals surface area contributed by atoms with Gasteiger partial charge in [-0.15, -0.1) is 0 Å². The van der Waals surface area contributed by atoms with Crippen LogP contribution in [0.5, 0.6) is 5.75 Å². The number of benzene rings is 1. The first kappa shape index (κ1) is 14.6. The summed E-state index contributed by atoms with van der Waals surface area (Å²) in [5.74, 6) is -0.222. The molecule has 1 aromatic carbocycles. The normalized spacial score (nSPS) is 11.7. The van der Waals surface area contributed by atoms with E-state index in [-0.39, 0.29) is 0 Å². The van der Waals surface area contributed by atoms with Gasteiger partial charge in [-0.2, -0.15) is 0 Å². The number of carbonyl (C=O) groups excluding carboxylic acids is 2. The average Bonchev–Trinajstić information content (AvgIpc) is 2.46. The fourth-order valence-electron chi connectivity index (χ4n) is 1.65. The Balaban J connectivity index is 2.13. The van der Waals surface area contributed by atoms with Gasteiger partial charge in [-0.05, 0) is 25.1 Å². The Labute approximate surface area is 119 Å². The predicted octanol–water partition coefficient (Wildman–Crippen LogP) is 1.02. The molecule has 1 atom stereocenters. The summed E-state index contributed by atoms with van der Waals surface area (Å²) < 4.78 is 10.4. The molecular weight excluding hydrogens is 276 g/mol. The fourth-order valence-corrected chi connectivity index (χ4v) is 1.65. The number of hydrogen-bond acceptors (Lipinski definition) is 5. The van der Waals surface area contributed by atoms with Crippen LogP contribution < -0.4 is 21.0 Å². The van der Waals surface area contributed by atoms with Crippen LogP contribution in [0.4, 0.5) is 4.79 Å². The van der Waals surface area contributed by atoms with E-state index in [4.69, 9.17) is 9.15 Å². The molecule has 0 aliphatic heterocycles. The Morgan fingerprint density at radius 2 is 1.95 bits per heavy atom. The lowest BCUT2D eigenvalue weighted by molar-refractivity contribution is -0.126. The zero-order valence-electron chi connectivity index (χ0n) is 11.5. The number of imide groups is 1. The minimum Gasteiger partial charge on any atom is -0.481 e. The zero-order valence-corrected chi connectivity index (χ0v) is 11.5. The lowest BCUT2D eigenvalue weighted by atomic mass is 10.2. The molecule has 0 radical (unpaired) electrons. The number of rotatable bonds is 3. The molecule has 1 unspecified atom stereocenters. The first-order valence-corrected chi connectivity index (χ1v) is 6.23. The van der Waals surface area contributed by atoms with Gasteiger partial charge in [-0.25, -0.2) is 9.59 Å². The number of amides is 3. The smallest absolute Gasteiger partial charge is 0.336 e. The van der Waals surface area contributed by atoms with Crippen molar-refractivity contribution in [2.45, 2.75) is 13.0 Å². The van der Waals surface area contributed by atoms with Crippen LogP contribution in [0.2, 0.25) is 0 Å². The number of carbonyl (C=O) groups is 2. The minimum absolute atomic E-state index is 0.358. The Kier molecular flexibility index (Phi) is 4.22. The Hall–Kier alpha value is -2.83. The summed E-state index contributed by atoms with van der Waals surface area (Å²) in [6.45, 7) is 1.50. The second-order valence-corrected chi connectivity index (χ2v) is 4.28. The maximum absolute atomic E-state index is 11.7. The van der Waals surface area contributed by atoms with Crippen molar-refractivity contribution in [3.8, 4) is 5.75 Å². The highest BCUT2D eigenvalue weighted by Gasteiger charge is 2.17. The Morgan fingerprint density at radius 1 is 1.24 bits per heavy atom. The van der Waals surface area contributed by atoms with Crippen molar-refractivity contribution in [2.75, 3.05) is 7.05 Å². The maximum atomic E-state index is 11.7. The van der Waals surface area contributed by atoms with Crippen LogP contribution in [0.25, 0.3) is 11.0 Å². The molecule has 3 amide bonds. The molecule has 2 N–H and O–H groups in total. The van der Waals surface area contributed by atoms with Crippen molar-refractivity contribution in [2.24, 2.45) is 0 Å². The molecule has 0 spiro atoms. The van der Waals surface area contributed by atoms with Crippen molar-refractivity contribution in [3.63, 3.8) is 0 Å². The van der Waals surface area contributed by atoms with E-state index in [1.807, 2.05) is 0 Å². The summed E-state index contributed by atoms with van der Waals surface area (Å²) >= 11 is 0. The van der Waals surface area contributed by atoms with Crippen molar-refractivity contribution < 1.29 is 18.7 Å². The van der Waals surface area contributed by atoms with Gasteiger partial charge in [0.1, 0.15) is 11.3 Å². The average molecular weight is 290 g/mol. The van der Waals surface area contributed by atoms with Crippen LogP contribution in [0.15, 0.2) is 39.5 Å². The highest BCUT2D eigenvalue weighted by molar-refractivity contribution is 5.96. The molecule has 7 nitrogen and oxygen atoms in total. The maximum Gasteiger partial charge on any atom is 0.336 e. The molecule has 2 rings (SSSR count). The molecular formula is C14H14N2O5. The predicted molar refractivity (Wildman–Crippen MR) is 75.2 cm³/mol. The van der Waals surface area contributed by atoms with Crippen molar-refractivity contribution in [1.82, 2.24) is 10.6 Å². The molecule has 0 saturated heterocycles. The van der Waals surface area contributed by atoms with Gasteiger partial charge in [0.15, 0.2) is 6.10 Å². The van der Waals surface area contributed by atoms with Gasteiger partial charge in [-0.3, -0.25) is 10.1 Å². The van der Waals surface area contributed by atoms with Crippen molar-refractivity contribution in [3.05, 3.63) is 40.8 Å². The lowest BCUT2D eigenvalue weighted by Crippen LogP contribution is -2.43. The number of hydrogen-bond donors (Lipinski definition) is 2. The zero-order chi connectivity index (χ0) is 15.4. The third kappa shape index (κ3) is 3.59. The third-order valence-electron chi connectivity index (χ3n) is 2.74. The number of nitrogens with one attached hydrogen (secondary N) is 2. The SMILES string of the molecule is CNC(=O)NC(=O)C(C)Oc1ccc2ccc(=O)oc2c1. The van der Waals surface area contributed by atoms with E-state index in [1.165, 1.54) is 26.1 Å². The van der Waals surface area contributed by atoms with E-state index in [9.17, 15) is 14.4 Å². The van der Waals surface area contributed by atoms with Gasteiger partial charge in [0.25, 0.3) is 5.91 Å². The second-order valence-electron chi connectivity index (χ2n) is 4.28. The van der Waals surface area contributed by atoms with Gasteiger partial charge in [0, 0.05) is 24.6 Å². The van der Waals surface area contributed by atoms with Gasteiger partial charge >= 0.3 is 11.7 Å². The highest BCUT2D eigenvalue weighted by Crippen LogP contribution is 2.20. The first-order valence-electron chi connectivity index (χ1n) is 6.23. The molecule has 7 heteroatoms. The van der Waals surface area contributed by atoms with Gasteiger partial charge in [0.05, 0.1) is 0 Å². The summed E-state index contributed by atoms with van der Waals surface area (Å²) in [4.78, 5) is 33.9. The number of urea groups is 1. The van der Waals surface area contributed by atoms with Gasteiger partial charge < -0.3 is 14.5 Å². The lowest BCUT2D eigenvalue weighted by Gasteiger charge is -2.14. The molecule has 1 heterocycles. The van der Waals surface area contributed by atoms with Crippen LogP contribution in [0.1, 0.15) is 6.92 Å². The van der Waals surface area contributed by atoms with E-state index >= 15 is 0 Å². The molecule has 1 aromatic heterocycles. The standard InChI is InChI=1S/C14H14N2O5/c1-8(13(18)16-14(19)15-2)20-10-5-3-9-4-6-12(17)21-11(9)7-10/h3-8H,1-2H3,(H2,15,16,18,19). The molecule has 0 saturated carbocycles. The molecule has 0 fully saturated rings. The Bertz CT molecular complexity index is 737. The van der Waals surface area contributed by atoms with Gasteiger partial charge in [0.2, 0.25) is 0 Å². The largest absolute Gasteiger partial charge is 0.481 e. The second kappa shape index (κ2) is 6.08. The summed E-state index contributed by atoms with van der Waals surface area (Å²) in [5, 5.41) is 5.12. The van der Waals surface area contributed by atoms with E-state index in [1.54, 1.807) is 18.2 Å². The van der Waals surface area contributed by atoms with Crippen LogP contribution in [0.3, 0.4) is 0 Å². The molecule has 110 valence electrons. The van der Waals surface area contributed by atoms with Crippen LogP contribution >= 0.6 is 0 Å². The van der Waals surface area contributed by atoms with E-state index < -0.39 is 23.7 Å². The fraction of sp³-hybridized carbons (Fsp3) is 0.214. The first-order chi connectivity index (χ1) is 9.99. The van der Waals surface area contributed by atoms with Gasteiger partial charge in [-0.1, -0.05) is 0 Å². The van der Waals surface area contributed by atoms with Crippen LogP contribution in [-0.2, 0) is 4.79 Å². The Morgan fingerprint density at radius 3 is 2.67 bits per heavy atom. The minimum atomic E-state index is -0.879. The summed E-state index contributed by atoms with van der Waals surface area (Å²) in [7, 11) is 1.40. The third-order valence-corrected chi connectivity index (χ3v) is 2.74. The number of fused-ring (bicyclic) bond motifs is 1. The monoisotopic (exact) mass is 290 g/mol. The quantitative estimate of drug-likeness (QED) is 0.822. The molecule has 0 bridgehead atoms. The summed E-state index contributed by atoms with van der Waals surface area (Å²) in [6.07, 6.45) is -0.879.